The van der Waals surface area contributed by atoms with Gasteiger partial charge in [-0.05, 0) is 106 Å². The number of methoxy groups -OCH3 is 1. The Bertz CT molecular complexity index is 1060. The number of hydrogen-bond acceptors (Lipinski definition) is 3. The van der Waals surface area contributed by atoms with E-state index in [9.17, 15) is 22.0 Å². The number of halogens is 5. The molecule has 0 N–H and O–H groups in total. The van der Waals surface area contributed by atoms with Crippen LogP contribution >= 0.6 is 0 Å². The molecular weight excluding hydrogens is 503 g/mol. The maximum absolute atomic E-state index is 14.7. The van der Waals surface area contributed by atoms with E-state index in [1.54, 1.807) is 13.0 Å². The Morgan fingerprint density at radius 1 is 0.789 bits per heavy atom. The van der Waals surface area contributed by atoms with Gasteiger partial charge in [-0.15, -0.1) is 0 Å². The molecule has 0 heterocycles. The van der Waals surface area contributed by atoms with Crippen LogP contribution in [0.2, 0.25) is 0 Å². The van der Waals surface area contributed by atoms with Gasteiger partial charge in [0, 0.05) is 12.5 Å². The molecule has 2 aromatic carbocycles. The Morgan fingerprint density at radius 3 is 2.03 bits per heavy atom. The minimum atomic E-state index is -3.00. The lowest BCUT2D eigenvalue weighted by Gasteiger charge is -2.38. The monoisotopic (exact) mass is 540 g/mol. The van der Waals surface area contributed by atoms with Gasteiger partial charge in [0.15, 0.2) is 29.7 Å². The average Bonchev–Trinajstić information content (AvgIpc) is 2.91. The fourth-order valence-corrected chi connectivity index (χ4v) is 6.30. The van der Waals surface area contributed by atoms with Crippen LogP contribution in [0.4, 0.5) is 22.0 Å². The number of rotatable bonds is 10. The third-order valence-electron chi connectivity index (χ3n) is 8.31. The summed E-state index contributed by atoms with van der Waals surface area (Å²) < 4.78 is 87.1. The third kappa shape index (κ3) is 6.92. The lowest BCUT2D eigenvalue weighted by molar-refractivity contribution is -0.0651. The van der Waals surface area contributed by atoms with Gasteiger partial charge in [-0.25, -0.2) is 17.6 Å². The quantitative estimate of drug-likeness (QED) is 0.282. The zero-order chi connectivity index (χ0) is 27.3. The van der Waals surface area contributed by atoms with Crippen molar-refractivity contribution in [3.63, 3.8) is 0 Å². The summed E-state index contributed by atoms with van der Waals surface area (Å²) in [5.74, 6) is -4.44. The fraction of sp³-hybridized carbons (Fsp3) is 0.600. The van der Waals surface area contributed by atoms with E-state index in [1.165, 1.54) is 25.3 Å². The van der Waals surface area contributed by atoms with Gasteiger partial charge in [0.2, 0.25) is 5.82 Å². The first kappa shape index (κ1) is 28.5. The molecule has 0 atom stereocenters. The molecule has 210 valence electrons. The van der Waals surface area contributed by atoms with Gasteiger partial charge in [-0.2, -0.15) is 4.39 Å². The topological polar surface area (TPSA) is 27.7 Å². The van der Waals surface area contributed by atoms with Crippen LogP contribution in [0.3, 0.4) is 0 Å². The maximum atomic E-state index is 14.7. The molecule has 0 aliphatic heterocycles. The van der Waals surface area contributed by atoms with Crippen molar-refractivity contribution in [1.29, 1.82) is 0 Å². The molecular formula is C30H37F5O3. The molecule has 0 radical (unpaired) electrons. The van der Waals surface area contributed by atoms with Crippen molar-refractivity contribution in [2.45, 2.75) is 76.6 Å². The van der Waals surface area contributed by atoms with E-state index in [2.05, 4.69) is 0 Å². The molecule has 2 aliphatic rings. The Labute approximate surface area is 221 Å². The standard InChI is InChI=1S/C30H37F5O3/c1-3-37-26-14-12-23(16-25(26)31)38-18-30(34,35)17-19-4-6-20(7-5-19)21-8-10-22(11-9-21)24-13-15-27(36-2)29(33)28(24)32/h12-16,19-22H,3-11,17-18H2,1-2H3. The largest absolute Gasteiger partial charge is 0.494 e. The molecule has 3 nitrogen and oxygen atoms in total. The first-order valence-corrected chi connectivity index (χ1v) is 13.7. The summed E-state index contributed by atoms with van der Waals surface area (Å²) in [5.41, 5.74) is 0.419. The molecule has 2 fully saturated rings. The van der Waals surface area contributed by atoms with Crippen molar-refractivity contribution >= 4 is 0 Å². The first-order valence-electron chi connectivity index (χ1n) is 13.7. The van der Waals surface area contributed by atoms with Crippen molar-refractivity contribution in [3.05, 3.63) is 53.3 Å². The van der Waals surface area contributed by atoms with Crippen LogP contribution in [0.25, 0.3) is 0 Å². The molecule has 2 aromatic rings. The Kier molecular flexibility index (Phi) is 9.42. The molecule has 0 aromatic heterocycles. The highest BCUT2D eigenvalue weighted by atomic mass is 19.3. The van der Waals surface area contributed by atoms with Crippen LogP contribution in [0.1, 0.15) is 76.2 Å². The van der Waals surface area contributed by atoms with Gasteiger partial charge < -0.3 is 14.2 Å². The highest BCUT2D eigenvalue weighted by Crippen LogP contribution is 2.46. The highest BCUT2D eigenvalue weighted by Gasteiger charge is 2.37. The van der Waals surface area contributed by atoms with E-state index >= 15 is 0 Å². The van der Waals surface area contributed by atoms with Gasteiger partial charge in [-0.3, -0.25) is 0 Å². The van der Waals surface area contributed by atoms with Crippen LogP contribution < -0.4 is 14.2 Å². The number of alkyl halides is 2. The molecule has 0 saturated heterocycles. The molecule has 0 bridgehead atoms. The zero-order valence-corrected chi connectivity index (χ0v) is 22.1. The smallest absolute Gasteiger partial charge is 0.281 e. The van der Waals surface area contributed by atoms with E-state index in [0.717, 1.165) is 57.4 Å². The molecule has 38 heavy (non-hydrogen) atoms. The molecule has 0 unspecified atom stereocenters. The molecule has 8 heteroatoms. The summed E-state index contributed by atoms with van der Waals surface area (Å²) >= 11 is 0. The van der Waals surface area contributed by atoms with Crippen molar-refractivity contribution in [1.82, 2.24) is 0 Å². The van der Waals surface area contributed by atoms with E-state index in [4.69, 9.17) is 14.2 Å². The first-order chi connectivity index (χ1) is 18.2. The van der Waals surface area contributed by atoms with Crippen molar-refractivity contribution in [2.24, 2.45) is 17.8 Å². The van der Waals surface area contributed by atoms with E-state index in [0.29, 0.717) is 24.0 Å². The van der Waals surface area contributed by atoms with Gasteiger partial charge in [0.1, 0.15) is 5.75 Å². The molecule has 2 aliphatic carbocycles. The molecule has 0 spiro atoms. The van der Waals surface area contributed by atoms with Gasteiger partial charge >= 0.3 is 0 Å². The molecule has 2 saturated carbocycles. The summed E-state index contributed by atoms with van der Waals surface area (Å²) in [6, 6.07) is 7.00. The van der Waals surface area contributed by atoms with Crippen LogP contribution in [0.5, 0.6) is 17.2 Å². The second-order valence-electron chi connectivity index (χ2n) is 10.8. The van der Waals surface area contributed by atoms with E-state index in [-0.39, 0.29) is 35.5 Å². The summed E-state index contributed by atoms with van der Waals surface area (Å²) in [6.07, 6.45) is 6.55. The average molecular weight is 541 g/mol. The third-order valence-corrected chi connectivity index (χ3v) is 8.31. The van der Waals surface area contributed by atoms with E-state index < -0.39 is 30.0 Å². The second kappa shape index (κ2) is 12.6. The summed E-state index contributed by atoms with van der Waals surface area (Å²) in [5, 5.41) is 0. The SMILES string of the molecule is CCOc1ccc(OCC(F)(F)CC2CCC(C3CCC(c4ccc(OC)c(F)c4F)CC3)CC2)cc1F. The summed E-state index contributed by atoms with van der Waals surface area (Å²) in [6.45, 7) is 1.26. The molecule has 4 rings (SSSR count). The van der Waals surface area contributed by atoms with Crippen LogP contribution in [-0.2, 0) is 0 Å². The highest BCUT2D eigenvalue weighted by molar-refractivity contribution is 5.34. The van der Waals surface area contributed by atoms with Gasteiger partial charge in [-0.1, -0.05) is 6.07 Å². The van der Waals surface area contributed by atoms with Crippen LogP contribution in [-0.4, -0.2) is 26.2 Å². The van der Waals surface area contributed by atoms with Gasteiger partial charge in [0.05, 0.1) is 13.7 Å². The minimum Gasteiger partial charge on any atom is -0.494 e. The summed E-state index contributed by atoms with van der Waals surface area (Å²) in [4.78, 5) is 0. The number of benzene rings is 2. The van der Waals surface area contributed by atoms with Crippen molar-refractivity contribution in [3.8, 4) is 17.2 Å². The maximum Gasteiger partial charge on any atom is 0.281 e. The fourth-order valence-electron chi connectivity index (χ4n) is 6.30. The predicted octanol–water partition coefficient (Wildman–Crippen LogP) is 8.70. The van der Waals surface area contributed by atoms with Crippen LogP contribution in [0, 0.1) is 35.2 Å². The van der Waals surface area contributed by atoms with Gasteiger partial charge in [0.25, 0.3) is 5.92 Å². The van der Waals surface area contributed by atoms with Crippen LogP contribution in [0.15, 0.2) is 30.3 Å². The van der Waals surface area contributed by atoms with Crippen molar-refractivity contribution < 1.29 is 36.2 Å². The normalized spacial score (nSPS) is 24.2. The summed E-state index contributed by atoms with van der Waals surface area (Å²) in [7, 11) is 1.32. The Balaban J connectivity index is 1.21. The Hall–Kier alpha value is -2.51. The minimum absolute atomic E-state index is 0.00876. The predicted molar refractivity (Wildman–Crippen MR) is 136 cm³/mol. The van der Waals surface area contributed by atoms with Crippen molar-refractivity contribution in [2.75, 3.05) is 20.3 Å². The Morgan fingerprint density at radius 2 is 1.42 bits per heavy atom. The molecule has 0 amide bonds. The number of hydrogen-bond donors (Lipinski definition) is 0. The lowest BCUT2D eigenvalue weighted by atomic mass is 9.68. The zero-order valence-electron chi connectivity index (χ0n) is 22.1. The second-order valence-corrected chi connectivity index (χ2v) is 10.8. The van der Waals surface area contributed by atoms with E-state index in [1.807, 2.05) is 0 Å². The number of ether oxygens (including phenoxy) is 3. The lowest BCUT2D eigenvalue weighted by Crippen LogP contribution is -2.32.